The number of carbonyl (C=O) groups is 2. The molecule has 1 aliphatic rings. The fourth-order valence-corrected chi connectivity index (χ4v) is 2.78. The molecule has 0 spiro atoms. The molecule has 0 saturated carbocycles. The smallest absolute Gasteiger partial charge is 0.343 e. The predicted molar refractivity (Wildman–Crippen MR) is 98.9 cm³/mol. The van der Waals surface area contributed by atoms with Crippen LogP contribution in [-0.2, 0) is 4.79 Å². The molecule has 0 aromatic heterocycles. The van der Waals surface area contributed by atoms with Crippen molar-refractivity contribution in [1.82, 2.24) is 4.90 Å². The zero-order valence-corrected chi connectivity index (χ0v) is 15.0. The van der Waals surface area contributed by atoms with Crippen LogP contribution < -0.4 is 14.4 Å². The molecule has 26 heavy (non-hydrogen) atoms. The van der Waals surface area contributed by atoms with Crippen LogP contribution in [0, 0.1) is 0 Å². The van der Waals surface area contributed by atoms with Crippen molar-refractivity contribution in [3.05, 3.63) is 54.1 Å². The molecular weight excluding hydrogens is 332 g/mol. The molecule has 0 radical (unpaired) electrons. The highest BCUT2D eigenvalue weighted by Gasteiger charge is 2.15. The monoisotopic (exact) mass is 354 g/mol. The summed E-state index contributed by atoms with van der Waals surface area (Å²) in [4.78, 5) is 27.8. The number of ether oxygens (including phenoxy) is 2. The average Bonchev–Trinajstić information content (AvgIpc) is 2.63. The lowest BCUT2D eigenvalue weighted by molar-refractivity contribution is -0.131. The van der Waals surface area contributed by atoms with Crippen molar-refractivity contribution in [1.29, 1.82) is 0 Å². The molecule has 0 bridgehead atoms. The van der Waals surface area contributed by atoms with Gasteiger partial charge >= 0.3 is 11.9 Å². The number of benzene rings is 2. The topological polar surface area (TPSA) is 59.1 Å². The molecule has 6 heteroatoms. The number of anilines is 1. The quantitative estimate of drug-likeness (QED) is 0.621. The van der Waals surface area contributed by atoms with Crippen LogP contribution in [0.1, 0.15) is 17.3 Å². The van der Waals surface area contributed by atoms with Gasteiger partial charge in [-0.25, -0.2) is 4.79 Å². The Labute approximate surface area is 152 Å². The Morgan fingerprint density at radius 2 is 1.35 bits per heavy atom. The van der Waals surface area contributed by atoms with E-state index in [2.05, 4.69) is 16.8 Å². The molecule has 1 saturated heterocycles. The van der Waals surface area contributed by atoms with E-state index in [0.29, 0.717) is 17.1 Å². The number of rotatable bonds is 4. The Morgan fingerprint density at radius 3 is 1.92 bits per heavy atom. The van der Waals surface area contributed by atoms with Crippen molar-refractivity contribution in [3.63, 3.8) is 0 Å². The van der Waals surface area contributed by atoms with E-state index < -0.39 is 11.9 Å². The number of carbonyl (C=O) groups excluding carboxylic acids is 2. The first-order valence-electron chi connectivity index (χ1n) is 8.55. The SMILES string of the molecule is CC(=O)Oc1ccc(C(=O)Oc2ccc(N3CCN(C)CC3)cc2)cc1. The summed E-state index contributed by atoms with van der Waals surface area (Å²) >= 11 is 0. The molecule has 136 valence electrons. The minimum atomic E-state index is -0.452. The maximum absolute atomic E-state index is 12.2. The molecular formula is C20H22N2O4. The predicted octanol–water partition coefficient (Wildman–Crippen LogP) is 2.58. The summed E-state index contributed by atoms with van der Waals surface area (Å²) < 4.78 is 10.4. The summed E-state index contributed by atoms with van der Waals surface area (Å²) in [5, 5.41) is 0. The van der Waals surface area contributed by atoms with E-state index in [1.165, 1.54) is 6.92 Å². The van der Waals surface area contributed by atoms with E-state index in [-0.39, 0.29) is 0 Å². The third kappa shape index (κ3) is 4.61. The fraction of sp³-hybridized carbons (Fsp3) is 0.300. The van der Waals surface area contributed by atoms with Crippen LogP contribution in [0.4, 0.5) is 5.69 Å². The van der Waals surface area contributed by atoms with Gasteiger partial charge in [-0.1, -0.05) is 0 Å². The summed E-state index contributed by atoms with van der Waals surface area (Å²) in [6.45, 7) is 5.39. The molecule has 1 fully saturated rings. The zero-order chi connectivity index (χ0) is 18.5. The largest absolute Gasteiger partial charge is 0.427 e. The third-order valence-corrected chi connectivity index (χ3v) is 4.27. The van der Waals surface area contributed by atoms with Crippen molar-refractivity contribution in [2.45, 2.75) is 6.92 Å². The van der Waals surface area contributed by atoms with E-state index in [9.17, 15) is 9.59 Å². The first-order valence-corrected chi connectivity index (χ1v) is 8.55. The number of hydrogen-bond donors (Lipinski definition) is 0. The van der Waals surface area contributed by atoms with Crippen LogP contribution in [0.15, 0.2) is 48.5 Å². The summed E-state index contributed by atoms with van der Waals surface area (Å²) in [6, 6.07) is 13.8. The minimum absolute atomic E-state index is 0.393. The number of hydrogen-bond acceptors (Lipinski definition) is 6. The van der Waals surface area contributed by atoms with Gasteiger partial charge in [0.25, 0.3) is 0 Å². The van der Waals surface area contributed by atoms with Gasteiger partial charge in [-0.15, -0.1) is 0 Å². The van der Waals surface area contributed by atoms with Gasteiger partial charge in [0.15, 0.2) is 0 Å². The van der Waals surface area contributed by atoms with E-state index in [1.807, 2.05) is 12.1 Å². The van der Waals surface area contributed by atoms with Crippen molar-refractivity contribution in [3.8, 4) is 11.5 Å². The molecule has 0 N–H and O–H groups in total. The van der Waals surface area contributed by atoms with Crippen LogP contribution >= 0.6 is 0 Å². The first-order chi connectivity index (χ1) is 12.5. The van der Waals surface area contributed by atoms with E-state index in [4.69, 9.17) is 9.47 Å². The second kappa shape index (κ2) is 8.01. The van der Waals surface area contributed by atoms with Crippen molar-refractivity contribution in [2.75, 3.05) is 38.1 Å². The number of likely N-dealkylation sites (N-methyl/N-ethyl adjacent to an activating group) is 1. The second-order valence-corrected chi connectivity index (χ2v) is 6.29. The summed E-state index contributed by atoms with van der Waals surface area (Å²) in [5.74, 6) is 0.0370. The molecule has 2 aromatic rings. The standard InChI is InChI=1S/C20H22N2O4/c1-15(23)25-18-7-3-16(4-8-18)20(24)26-19-9-5-17(6-10-19)22-13-11-21(2)12-14-22/h3-10H,11-14H2,1-2H3. The molecule has 3 rings (SSSR count). The molecule has 2 aromatic carbocycles. The lowest BCUT2D eigenvalue weighted by atomic mass is 10.2. The van der Waals surface area contributed by atoms with Gasteiger partial charge in [0.1, 0.15) is 11.5 Å². The number of nitrogens with zero attached hydrogens (tertiary/aromatic N) is 2. The van der Waals surface area contributed by atoms with Crippen LogP contribution in [0.3, 0.4) is 0 Å². The Bertz CT molecular complexity index is 763. The summed E-state index contributed by atoms with van der Waals surface area (Å²) in [5.41, 5.74) is 1.52. The van der Waals surface area contributed by atoms with E-state index in [1.54, 1.807) is 36.4 Å². The molecule has 1 heterocycles. The maximum Gasteiger partial charge on any atom is 0.343 e. The van der Waals surface area contributed by atoms with Gasteiger partial charge in [0, 0.05) is 38.8 Å². The Hall–Kier alpha value is -2.86. The average molecular weight is 354 g/mol. The van der Waals surface area contributed by atoms with Crippen LogP contribution in [0.25, 0.3) is 0 Å². The zero-order valence-electron chi connectivity index (χ0n) is 15.0. The summed E-state index contributed by atoms with van der Waals surface area (Å²) in [7, 11) is 2.12. The lowest BCUT2D eigenvalue weighted by Gasteiger charge is -2.34. The molecule has 0 atom stereocenters. The van der Waals surface area contributed by atoms with Crippen LogP contribution in [-0.4, -0.2) is 50.1 Å². The summed E-state index contributed by atoms with van der Waals surface area (Å²) in [6.07, 6.45) is 0. The highest BCUT2D eigenvalue weighted by molar-refractivity contribution is 5.91. The minimum Gasteiger partial charge on any atom is -0.427 e. The molecule has 0 aliphatic carbocycles. The normalized spacial score (nSPS) is 14.8. The van der Waals surface area contributed by atoms with Gasteiger partial charge in [-0.3, -0.25) is 4.79 Å². The van der Waals surface area contributed by atoms with Crippen molar-refractivity contribution >= 4 is 17.6 Å². The molecule has 0 unspecified atom stereocenters. The fourth-order valence-electron chi connectivity index (χ4n) is 2.78. The maximum atomic E-state index is 12.2. The van der Waals surface area contributed by atoms with Crippen LogP contribution in [0.2, 0.25) is 0 Å². The number of esters is 2. The van der Waals surface area contributed by atoms with Gasteiger partial charge in [-0.2, -0.15) is 0 Å². The Morgan fingerprint density at radius 1 is 0.808 bits per heavy atom. The molecule has 0 amide bonds. The van der Waals surface area contributed by atoms with Crippen molar-refractivity contribution < 1.29 is 19.1 Å². The first kappa shape index (κ1) is 17.9. The van der Waals surface area contributed by atoms with E-state index in [0.717, 1.165) is 31.9 Å². The molecule has 1 aliphatic heterocycles. The Kier molecular flexibility index (Phi) is 5.53. The van der Waals surface area contributed by atoms with Gasteiger partial charge in [-0.05, 0) is 55.6 Å². The van der Waals surface area contributed by atoms with Gasteiger partial charge in [0.2, 0.25) is 0 Å². The highest BCUT2D eigenvalue weighted by Crippen LogP contribution is 2.22. The molecule has 6 nitrogen and oxygen atoms in total. The highest BCUT2D eigenvalue weighted by atomic mass is 16.5. The third-order valence-electron chi connectivity index (χ3n) is 4.27. The van der Waals surface area contributed by atoms with E-state index >= 15 is 0 Å². The Balaban J connectivity index is 1.59. The van der Waals surface area contributed by atoms with Gasteiger partial charge < -0.3 is 19.3 Å². The second-order valence-electron chi connectivity index (χ2n) is 6.29. The van der Waals surface area contributed by atoms with Crippen LogP contribution in [0.5, 0.6) is 11.5 Å². The van der Waals surface area contributed by atoms with Crippen molar-refractivity contribution in [2.24, 2.45) is 0 Å². The number of piperazine rings is 1. The lowest BCUT2D eigenvalue weighted by Crippen LogP contribution is -2.44. The van der Waals surface area contributed by atoms with Gasteiger partial charge in [0.05, 0.1) is 5.56 Å².